The molecule has 1 N–H and O–H groups in total. The highest BCUT2D eigenvalue weighted by molar-refractivity contribution is 7.12. The molecule has 0 saturated heterocycles. The average Bonchev–Trinajstić information content (AvgIpc) is 3.52. The maximum atomic E-state index is 13.0. The Balaban J connectivity index is 1.51. The van der Waals surface area contributed by atoms with Crippen molar-refractivity contribution in [1.82, 2.24) is 13.9 Å². The van der Waals surface area contributed by atoms with Gasteiger partial charge in [0.25, 0.3) is 11.5 Å². The fourth-order valence-electron chi connectivity index (χ4n) is 3.36. The number of carbonyl (C=O) groups excluding carboxylic acids is 2. The molecule has 1 aromatic carbocycles. The monoisotopic (exact) mass is 450 g/mol. The van der Waals surface area contributed by atoms with E-state index in [1.165, 1.54) is 22.9 Å². The number of nitrogens with zero attached hydrogens (tertiary/aromatic N) is 3. The maximum Gasteiger partial charge on any atom is 0.351 e. The Kier molecular flexibility index (Phi) is 5.83. The molecule has 32 heavy (non-hydrogen) atoms. The number of aromatic nitrogens is 3. The number of para-hydroxylation sites is 1. The molecule has 4 rings (SSSR count). The summed E-state index contributed by atoms with van der Waals surface area (Å²) in [5, 5.41) is 4.42. The third kappa shape index (κ3) is 3.90. The Hall–Kier alpha value is -3.85. The molecule has 0 aliphatic rings. The van der Waals surface area contributed by atoms with E-state index in [1.807, 2.05) is 48.8 Å². The summed E-state index contributed by atoms with van der Waals surface area (Å²) in [4.78, 5) is 38.8. The van der Waals surface area contributed by atoms with Gasteiger partial charge >= 0.3 is 5.97 Å². The van der Waals surface area contributed by atoms with Gasteiger partial charge in [0, 0.05) is 19.4 Å². The summed E-state index contributed by atoms with van der Waals surface area (Å²) < 4.78 is 10.3. The molecule has 0 unspecified atom stereocenters. The van der Waals surface area contributed by atoms with Gasteiger partial charge in [-0.15, -0.1) is 11.3 Å². The highest BCUT2D eigenvalue weighted by atomic mass is 32.1. The number of ether oxygens (including phenoxy) is 1. The van der Waals surface area contributed by atoms with Crippen LogP contribution in [0.15, 0.2) is 71.1 Å². The van der Waals surface area contributed by atoms with Crippen LogP contribution in [0.3, 0.4) is 0 Å². The molecular formula is C23H22N4O4S. The van der Waals surface area contributed by atoms with Crippen LogP contribution >= 0.6 is 11.3 Å². The minimum absolute atomic E-state index is 0.147. The van der Waals surface area contributed by atoms with Gasteiger partial charge in [-0.1, -0.05) is 18.2 Å². The molecular weight excluding hydrogens is 428 g/mol. The first-order valence-electron chi connectivity index (χ1n) is 9.95. The summed E-state index contributed by atoms with van der Waals surface area (Å²) in [6.45, 7) is 3.21. The van der Waals surface area contributed by atoms with Crippen molar-refractivity contribution in [2.75, 3.05) is 5.32 Å². The topological polar surface area (TPSA) is 87.3 Å². The van der Waals surface area contributed by atoms with Crippen molar-refractivity contribution < 1.29 is 14.3 Å². The summed E-state index contributed by atoms with van der Waals surface area (Å²) in [5.74, 6) is -1.18. The van der Waals surface area contributed by atoms with Crippen molar-refractivity contribution in [2.45, 2.75) is 20.0 Å². The lowest BCUT2D eigenvalue weighted by molar-refractivity contribution is -0.123. The van der Waals surface area contributed by atoms with E-state index < -0.39 is 18.0 Å². The van der Waals surface area contributed by atoms with Gasteiger partial charge in [0.05, 0.1) is 17.1 Å². The summed E-state index contributed by atoms with van der Waals surface area (Å²) in [5.41, 5.74) is 1.73. The third-order valence-corrected chi connectivity index (χ3v) is 6.05. The quantitative estimate of drug-likeness (QED) is 0.456. The van der Waals surface area contributed by atoms with Crippen LogP contribution in [0.5, 0.6) is 0 Å². The Bertz CT molecular complexity index is 1320. The lowest BCUT2D eigenvalue weighted by atomic mass is 10.3. The first-order chi connectivity index (χ1) is 15.4. The molecule has 3 heterocycles. The molecule has 8 nitrogen and oxygen atoms in total. The number of amides is 1. The van der Waals surface area contributed by atoms with Gasteiger partial charge in [-0.05, 0) is 49.6 Å². The molecule has 0 fully saturated rings. The van der Waals surface area contributed by atoms with Crippen molar-refractivity contribution in [1.29, 1.82) is 0 Å². The Morgan fingerprint density at radius 1 is 1.06 bits per heavy atom. The minimum atomic E-state index is -1.09. The highest BCUT2D eigenvalue weighted by Gasteiger charge is 2.25. The molecule has 0 bridgehead atoms. The first-order valence-corrected chi connectivity index (χ1v) is 10.8. The van der Waals surface area contributed by atoms with Crippen LogP contribution in [-0.2, 0) is 16.6 Å². The zero-order valence-corrected chi connectivity index (χ0v) is 18.6. The van der Waals surface area contributed by atoms with E-state index in [0.717, 1.165) is 0 Å². The van der Waals surface area contributed by atoms with Gasteiger partial charge in [0.15, 0.2) is 6.10 Å². The molecule has 3 aromatic heterocycles. The molecule has 0 aliphatic heterocycles. The Morgan fingerprint density at radius 3 is 2.44 bits per heavy atom. The molecule has 164 valence electrons. The minimum Gasteiger partial charge on any atom is -0.448 e. The number of hydrogen-bond donors (Lipinski definition) is 1. The number of benzene rings is 1. The maximum absolute atomic E-state index is 13.0. The predicted octanol–water partition coefficient (Wildman–Crippen LogP) is 3.52. The molecule has 0 saturated carbocycles. The number of carbonyl (C=O) groups is 2. The van der Waals surface area contributed by atoms with E-state index in [0.29, 0.717) is 21.9 Å². The molecule has 0 spiro atoms. The van der Waals surface area contributed by atoms with Gasteiger partial charge < -0.3 is 14.6 Å². The van der Waals surface area contributed by atoms with E-state index in [4.69, 9.17) is 4.74 Å². The van der Waals surface area contributed by atoms with E-state index in [1.54, 1.807) is 40.7 Å². The van der Waals surface area contributed by atoms with Crippen LogP contribution in [0.2, 0.25) is 0 Å². The van der Waals surface area contributed by atoms with Crippen LogP contribution in [0.1, 0.15) is 22.3 Å². The second-order valence-electron chi connectivity index (χ2n) is 7.20. The average molecular weight is 451 g/mol. The Labute approximate surface area is 188 Å². The summed E-state index contributed by atoms with van der Waals surface area (Å²) >= 11 is 1.24. The molecule has 1 amide bonds. The second-order valence-corrected chi connectivity index (χ2v) is 8.11. The lowest BCUT2D eigenvalue weighted by Crippen LogP contribution is -2.32. The Morgan fingerprint density at radius 2 is 1.75 bits per heavy atom. The highest BCUT2D eigenvalue weighted by Crippen LogP contribution is 2.23. The second kappa shape index (κ2) is 8.72. The largest absolute Gasteiger partial charge is 0.448 e. The van der Waals surface area contributed by atoms with E-state index >= 15 is 0 Å². The van der Waals surface area contributed by atoms with Crippen LogP contribution < -0.4 is 10.9 Å². The van der Waals surface area contributed by atoms with Crippen molar-refractivity contribution in [2.24, 2.45) is 7.05 Å². The fraction of sp³-hybridized carbons (Fsp3) is 0.174. The van der Waals surface area contributed by atoms with Crippen LogP contribution in [0, 0.1) is 6.92 Å². The zero-order chi connectivity index (χ0) is 22.8. The SMILES string of the molecule is Cc1c(NC(=O)[C@@H](C)OC(=O)c2sccc2-n2cccc2)c(=O)n(-c2ccccc2)n1C. The number of esters is 1. The lowest BCUT2D eigenvalue weighted by Gasteiger charge is -2.13. The normalized spacial score (nSPS) is 11.8. The number of hydrogen-bond acceptors (Lipinski definition) is 5. The number of rotatable bonds is 6. The summed E-state index contributed by atoms with van der Waals surface area (Å²) in [7, 11) is 1.74. The molecule has 4 aromatic rings. The number of thiophene rings is 1. The van der Waals surface area contributed by atoms with E-state index in [2.05, 4.69) is 5.32 Å². The number of nitrogens with one attached hydrogen (secondary N) is 1. The van der Waals surface area contributed by atoms with Crippen molar-refractivity contribution >= 4 is 28.9 Å². The first kappa shape index (κ1) is 21.4. The van der Waals surface area contributed by atoms with Crippen molar-refractivity contribution in [3.8, 4) is 11.4 Å². The van der Waals surface area contributed by atoms with Gasteiger partial charge in [-0.25, -0.2) is 9.48 Å². The molecule has 0 radical (unpaired) electrons. The summed E-state index contributed by atoms with van der Waals surface area (Å²) in [6.07, 6.45) is 2.56. The van der Waals surface area contributed by atoms with Crippen LogP contribution in [0.25, 0.3) is 11.4 Å². The number of anilines is 1. The zero-order valence-electron chi connectivity index (χ0n) is 17.8. The van der Waals surface area contributed by atoms with Gasteiger partial charge in [-0.3, -0.25) is 14.3 Å². The smallest absolute Gasteiger partial charge is 0.351 e. The van der Waals surface area contributed by atoms with Gasteiger partial charge in [0.1, 0.15) is 10.6 Å². The third-order valence-electron chi connectivity index (χ3n) is 5.17. The van der Waals surface area contributed by atoms with Gasteiger partial charge in [0.2, 0.25) is 0 Å². The van der Waals surface area contributed by atoms with Crippen LogP contribution in [-0.4, -0.2) is 31.9 Å². The van der Waals surface area contributed by atoms with E-state index in [-0.39, 0.29) is 11.2 Å². The fourth-order valence-corrected chi connectivity index (χ4v) is 4.13. The van der Waals surface area contributed by atoms with Crippen LogP contribution in [0.4, 0.5) is 5.69 Å². The van der Waals surface area contributed by atoms with Crippen molar-refractivity contribution in [3.05, 3.63) is 87.2 Å². The van der Waals surface area contributed by atoms with Crippen molar-refractivity contribution in [3.63, 3.8) is 0 Å². The molecule has 9 heteroatoms. The van der Waals surface area contributed by atoms with Gasteiger partial charge in [-0.2, -0.15) is 0 Å². The summed E-state index contributed by atoms with van der Waals surface area (Å²) in [6, 6.07) is 14.7. The molecule has 0 aliphatic carbocycles. The van der Waals surface area contributed by atoms with E-state index in [9.17, 15) is 14.4 Å². The predicted molar refractivity (Wildman–Crippen MR) is 123 cm³/mol. The standard InChI is InChI=1S/C23H22N4O4S/c1-15-19(22(29)27(25(15)3)17-9-5-4-6-10-17)24-21(28)16(2)31-23(30)20-18(11-14-32-20)26-12-7-8-13-26/h4-14,16H,1-3H3,(H,24,28)/t16-/m1/s1. The molecule has 1 atom stereocenters.